The van der Waals surface area contributed by atoms with Crippen LogP contribution < -0.4 is 0 Å². The van der Waals surface area contributed by atoms with Gasteiger partial charge in [-0.15, -0.1) is 0 Å². The van der Waals surface area contributed by atoms with Crippen molar-refractivity contribution in [2.75, 3.05) is 0 Å². The van der Waals surface area contributed by atoms with Crippen molar-refractivity contribution in [3.8, 4) is 22.3 Å². The minimum absolute atomic E-state index is 1.21. The van der Waals surface area contributed by atoms with E-state index in [9.17, 15) is 0 Å². The lowest BCUT2D eigenvalue weighted by molar-refractivity contribution is 1.68. The molecule has 0 fully saturated rings. The zero-order chi connectivity index (χ0) is 10.5. The van der Waals surface area contributed by atoms with E-state index in [-0.39, 0.29) is 0 Å². The van der Waals surface area contributed by atoms with E-state index < -0.39 is 0 Å². The summed E-state index contributed by atoms with van der Waals surface area (Å²) in [5, 5.41) is 2.61. The van der Waals surface area contributed by atoms with Gasteiger partial charge >= 0.3 is 0 Å². The summed E-state index contributed by atoms with van der Waals surface area (Å²) in [6, 6.07) is 23.3. The van der Waals surface area contributed by atoms with Gasteiger partial charge in [-0.1, -0.05) is 36.4 Å². The van der Waals surface area contributed by atoms with E-state index in [1.807, 2.05) is 18.2 Å². The van der Waals surface area contributed by atoms with Crippen molar-refractivity contribution in [2.45, 2.75) is 0 Å². The fourth-order valence-corrected chi connectivity index (χ4v) is 2.58. The first-order valence-corrected chi connectivity index (χ1v) is 5.39. The van der Waals surface area contributed by atoms with Crippen LogP contribution in [0.4, 0.5) is 0 Å². The zero-order valence-corrected chi connectivity index (χ0v) is 8.62. The molecule has 72 valence electrons. The predicted molar refractivity (Wildman–Crippen MR) is 66.1 cm³/mol. The molecule has 3 aromatic rings. The standard InChI is InChI=1S/C16H8/c1-2-8-13-12(7-1)14-9-3-5-11-6-4-10-15(13)16(11)14/h1-3,5-7,9-10H. The monoisotopic (exact) mass is 200 g/mol. The number of rotatable bonds is 0. The Morgan fingerprint density at radius 3 is 2.75 bits per heavy atom. The first-order valence-electron chi connectivity index (χ1n) is 5.39. The van der Waals surface area contributed by atoms with Gasteiger partial charge in [0.2, 0.25) is 0 Å². The normalized spacial score (nSPS) is 11.8. The molecule has 3 aromatic carbocycles. The van der Waals surface area contributed by atoms with Gasteiger partial charge in [0, 0.05) is 0 Å². The van der Waals surface area contributed by atoms with Gasteiger partial charge in [-0.25, -0.2) is 0 Å². The molecular weight excluding hydrogens is 192 g/mol. The van der Waals surface area contributed by atoms with Crippen molar-refractivity contribution in [2.24, 2.45) is 0 Å². The molecule has 0 spiro atoms. The molecule has 0 bridgehead atoms. The molecule has 16 heavy (non-hydrogen) atoms. The van der Waals surface area contributed by atoms with Crippen molar-refractivity contribution in [1.82, 2.24) is 0 Å². The molecule has 2 radical (unpaired) electrons. The lowest BCUT2D eigenvalue weighted by Crippen LogP contribution is -1.74. The average Bonchev–Trinajstić information content (AvgIpc) is 2.68. The lowest BCUT2D eigenvalue weighted by atomic mass is 10.0. The minimum atomic E-state index is 1.21. The Balaban J connectivity index is 2.31. The highest BCUT2D eigenvalue weighted by atomic mass is 14.2. The molecular formula is C16H8. The third-order valence-corrected chi connectivity index (χ3v) is 3.25. The smallest absolute Gasteiger partial charge is 0.00197 e. The Labute approximate surface area is 94.2 Å². The molecule has 0 N–H and O–H groups in total. The van der Waals surface area contributed by atoms with Crippen LogP contribution >= 0.6 is 0 Å². The maximum absolute atomic E-state index is 3.34. The van der Waals surface area contributed by atoms with E-state index in [1.54, 1.807) is 0 Å². The van der Waals surface area contributed by atoms with E-state index in [0.29, 0.717) is 0 Å². The molecule has 0 heteroatoms. The maximum atomic E-state index is 3.34. The summed E-state index contributed by atoms with van der Waals surface area (Å²) >= 11 is 0. The molecule has 0 unspecified atom stereocenters. The van der Waals surface area contributed by atoms with Crippen LogP contribution in [0.25, 0.3) is 33.0 Å². The van der Waals surface area contributed by atoms with Crippen molar-refractivity contribution in [3.63, 3.8) is 0 Å². The Morgan fingerprint density at radius 2 is 1.75 bits per heavy atom. The van der Waals surface area contributed by atoms with Crippen LogP contribution in [-0.2, 0) is 0 Å². The number of fused-ring (bicyclic) bond motifs is 3. The highest BCUT2D eigenvalue weighted by Crippen LogP contribution is 2.46. The number of benzene rings is 3. The van der Waals surface area contributed by atoms with Crippen LogP contribution in [0.15, 0.2) is 48.5 Å². The molecule has 0 nitrogen and oxygen atoms in total. The van der Waals surface area contributed by atoms with Gasteiger partial charge in [-0.2, -0.15) is 0 Å². The third-order valence-electron chi connectivity index (χ3n) is 3.25. The van der Waals surface area contributed by atoms with Crippen LogP contribution in [0.2, 0.25) is 0 Å². The summed E-state index contributed by atoms with van der Waals surface area (Å²) in [6.07, 6.45) is 0. The van der Waals surface area contributed by atoms with Crippen molar-refractivity contribution in [3.05, 3.63) is 60.7 Å². The highest BCUT2D eigenvalue weighted by molar-refractivity contribution is 6.14. The van der Waals surface area contributed by atoms with Crippen molar-refractivity contribution >= 4 is 10.8 Å². The summed E-state index contributed by atoms with van der Waals surface area (Å²) in [5.41, 5.74) is 5.10. The highest BCUT2D eigenvalue weighted by Gasteiger charge is 2.19. The summed E-state index contributed by atoms with van der Waals surface area (Å²) in [5.74, 6) is 0. The third kappa shape index (κ3) is 0.849. The van der Waals surface area contributed by atoms with E-state index >= 15 is 0 Å². The molecule has 4 rings (SSSR count). The Hall–Kier alpha value is -2.08. The first-order chi connectivity index (χ1) is 7.95. The molecule has 0 heterocycles. The minimum Gasteiger partial charge on any atom is -0.0610 e. The molecule has 0 atom stereocenters. The fraction of sp³-hybridized carbons (Fsp3) is 0. The van der Waals surface area contributed by atoms with Crippen LogP contribution in [-0.4, -0.2) is 0 Å². The Kier molecular flexibility index (Phi) is 1.39. The molecule has 0 amide bonds. The van der Waals surface area contributed by atoms with Gasteiger partial charge in [0.15, 0.2) is 0 Å². The molecule has 0 aliphatic heterocycles. The maximum Gasteiger partial charge on any atom is -0.00197 e. The largest absolute Gasteiger partial charge is 0.0610 e. The van der Waals surface area contributed by atoms with Crippen molar-refractivity contribution in [1.29, 1.82) is 0 Å². The second kappa shape index (κ2) is 2.73. The average molecular weight is 200 g/mol. The second-order valence-electron chi connectivity index (χ2n) is 4.10. The van der Waals surface area contributed by atoms with Crippen LogP contribution in [0.3, 0.4) is 0 Å². The number of hydrogen-bond donors (Lipinski definition) is 0. The van der Waals surface area contributed by atoms with Gasteiger partial charge in [0.25, 0.3) is 0 Å². The molecule has 1 aliphatic carbocycles. The zero-order valence-electron chi connectivity index (χ0n) is 8.62. The quantitative estimate of drug-likeness (QED) is 0.401. The molecule has 0 saturated heterocycles. The van der Waals surface area contributed by atoms with E-state index in [4.69, 9.17) is 0 Å². The van der Waals surface area contributed by atoms with Gasteiger partial charge < -0.3 is 0 Å². The van der Waals surface area contributed by atoms with E-state index in [0.717, 1.165) is 0 Å². The summed E-state index contributed by atoms with van der Waals surface area (Å²) in [4.78, 5) is 0. The second-order valence-corrected chi connectivity index (χ2v) is 4.10. The van der Waals surface area contributed by atoms with Crippen LogP contribution in [0, 0.1) is 12.1 Å². The predicted octanol–water partition coefficient (Wildman–Crippen LogP) is 4.09. The van der Waals surface area contributed by atoms with Crippen LogP contribution in [0.5, 0.6) is 0 Å². The van der Waals surface area contributed by atoms with Gasteiger partial charge in [0.1, 0.15) is 0 Å². The molecule has 1 aliphatic rings. The molecule has 0 saturated carbocycles. The van der Waals surface area contributed by atoms with Crippen LogP contribution in [0.1, 0.15) is 0 Å². The van der Waals surface area contributed by atoms with Gasteiger partial charge in [-0.3, -0.25) is 0 Å². The SMILES string of the molecule is [c]1cc2c3c(cccc3c1)-c1ccc[c]c1-2. The summed E-state index contributed by atoms with van der Waals surface area (Å²) in [7, 11) is 0. The summed E-state index contributed by atoms with van der Waals surface area (Å²) < 4.78 is 0. The molecule has 0 aromatic heterocycles. The summed E-state index contributed by atoms with van der Waals surface area (Å²) in [6.45, 7) is 0. The topological polar surface area (TPSA) is 0 Å². The number of hydrogen-bond acceptors (Lipinski definition) is 0. The lowest BCUT2D eigenvalue weighted by Gasteiger charge is -1.99. The van der Waals surface area contributed by atoms with E-state index in [2.05, 4.69) is 42.5 Å². The van der Waals surface area contributed by atoms with Crippen molar-refractivity contribution < 1.29 is 0 Å². The van der Waals surface area contributed by atoms with Gasteiger partial charge in [0.05, 0.1) is 0 Å². The Morgan fingerprint density at radius 1 is 0.812 bits per heavy atom. The van der Waals surface area contributed by atoms with Gasteiger partial charge in [-0.05, 0) is 57.3 Å². The first kappa shape index (κ1) is 8.12. The Bertz CT molecular complexity index is 650. The van der Waals surface area contributed by atoms with E-state index in [1.165, 1.54) is 33.0 Å². The fourth-order valence-electron chi connectivity index (χ4n) is 2.58.